The van der Waals surface area contributed by atoms with Gasteiger partial charge in [-0.05, 0) is 32.4 Å². The fourth-order valence-corrected chi connectivity index (χ4v) is 1.72. The van der Waals surface area contributed by atoms with Crippen molar-refractivity contribution in [2.75, 3.05) is 11.9 Å². The number of aryl methyl sites for hydroxylation is 1. The van der Waals surface area contributed by atoms with E-state index in [0.29, 0.717) is 5.69 Å². The van der Waals surface area contributed by atoms with Crippen LogP contribution in [0.5, 0.6) is 0 Å². The molecule has 0 spiro atoms. The van der Waals surface area contributed by atoms with Crippen molar-refractivity contribution in [1.82, 2.24) is 0 Å². The van der Waals surface area contributed by atoms with E-state index < -0.39 is 18.1 Å². The van der Waals surface area contributed by atoms with E-state index in [4.69, 9.17) is 4.74 Å². The van der Waals surface area contributed by atoms with Crippen molar-refractivity contribution in [1.29, 1.82) is 0 Å². The number of benzene rings is 1. The molecule has 0 radical (unpaired) electrons. The summed E-state index contributed by atoms with van der Waals surface area (Å²) >= 11 is 0. The molecule has 1 N–H and O–H groups in total. The molecule has 1 aromatic carbocycles. The second-order valence-corrected chi connectivity index (χ2v) is 4.26. The van der Waals surface area contributed by atoms with Crippen molar-refractivity contribution in [3.63, 3.8) is 0 Å². The fourth-order valence-electron chi connectivity index (χ4n) is 1.72. The van der Waals surface area contributed by atoms with E-state index in [0.717, 1.165) is 5.56 Å². The molecule has 0 saturated heterocycles. The zero-order valence-corrected chi connectivity index (χ0v) is 11.9. The summed E-state index contributed by atoms with van der Waals surface area (Å²) in [5, 5.41) is 2.62. The Morgan fingerprint density at radius 3 is 2.30 bits per heavy atom. The molecule has 0 unspecified atom stereocenters. The highest BCUT2D eigenvalue weighted by molar-refractivity contribution is 5.90. The van der Waals surface area contributed by atoms with E-state index >= 15 is 0 Å². The first-order valence-electron chi connectivity index (χ1n) is 6.51. The predicted octanol–water partition coefficient (Wildman–Crippen LogP) is 3.90. The van der Waals surface area contributed by atoms with Gasteiger partial charge in [-0.1, -0.05) is 24.6 Å². The predicted molar refractivity (Wildman–Crippen MR) is 74.8 cm³/mol. The molecule has 3 nitrogen and oxygen atoms in total. The number of carbonyl (C=O) groups excluding carboxylic acids is 1. The van der Waals surface area contributed by atoms with Crippen LogP contribution >= 0.6 is 0 Å². The third-order valence-electron chi connectivity index (χ3n) is 2.75. The van der Waals surface area contributed by atoms with E-state index in [9.17, 15) is 13.6 Å². The van der Waals surface area contributed by atoms with Gasteiger partial charge in [-0.25, -0.2) is 13.6 Å². The molecule has 0 aromatic heterocycles. The Hall–Kier alpha value is -1.91. The highest BCUT2D eigenvalue weighted by Crippen LogP contribution is 2.21. The van der Waals surface area contributed by atoms with Gasteiger partial charge < -0.3 is 10.1 Å². The lowest BCUT2D eigenvalue weighted by Gasteiger charge is -2.15. The zero-order valence-electron chi connectivity index (χ0n) is 11.9. The van der Waals surface area contributed by atoms with Crippen molar-refractivity contribution in [2.45, 2.75) is 33.6 Å². The number of nitrogens with one attached hydrogen (secondary N) is 1. The first-order chi connectivity index (χ1) is 9.49. The Morgan fingerprint density at radius 2 is 1.85 bits per heavy atom. The van der Waals surface area contributed by atoms with Gasteiger partial charge in [0.15, 0.2) is 0 Å². The van der Waals surface area contributed by atoms with Crippen LogP contribution < -0.4 is 5.32 Å². The number of anilines is 1. The van der Waals surface area contributed by atoms with Crippen molar-refractivity contribution in [3.05, 3.63) is 41.1 Å². The van der Waals surface area contributed by atoms with Crippen LogP contribution in [-0.4, -0.2) is 19.0 Å². The number of hydrogen-bond acceptors (Lipinski definition) is 3. The van der Waals surface area contributed by atoms with Gasteiger partial charge in [-0.3, -0.25) is 0 Å². The number of alkyl halides is 2. The lowest BCUT2D eigenvalue weighted by atomic mass is 10.1. The summed E-state index contributed by atoms with van der Waals surface area (Å²) in [6.45, 7) is 5.35. The second kappa shape index (κ2) is 7.62. The van der Waals surface area contributed by atoms with Gasteiger partial charge in [0.2, 0.25) is 0 Å². The van der Waals surface area contributed by atoms with Gasteiger partial charge in [-0.2, -0.15) is 0 Å². The zero-order chi connectivity index (χ0) is 15.1. The molecule has 110 valence electrons. The van der Waals surface area contributed by atoms with Crippen LogP contribution in [0.4, 0.5) is 14.5 Å². The minimum Gasteiger partial charge on any atom is -0.463 e. The van der Waals surface area contributed by atoms with Crippen molar-refractivity contribution in [2.24, 2.45) is 0 Å². The molecular formula is C15H19F2NO2. The quantitative estimate of drug-likeness (QED) is 0.635. The maximum atomic E-state index is 13.2. The normalized spacial score (nSPS) is 12.1. The average molecular weight is 283 g/mol. The number of ether oxygens (including phenoxy) is 1. The summed E-state index contributed by atoms with van der Waals surface area (Å²) in [4.78, 5) is 11.7. The number of hydrogen-bond donors (Lipinski definition) is 1. The summed E-state index contributed by atoms with van der Waals surface area (Å²) in [6, 6.07) is 7.00. The molecule has 20 heavy (non-hydrogen) atoms. The molecule has 0 amide bonds. The van der Waals surface area contributed by atoms with Gasteiger partial charge in [0, 0.05) is 5.69 Å². The third-order valence-corrected chi connectivity index (χ3v) is 2.75. The van der Waals surface area contributed by atoms with Gasteiger partial charge in [-0.15, -0.1) is 0 Å². The highest BCUT2D eigenvalue weighted by atomic mass is 19.3. The first kappa shape index (κ1) is 16.1. The molecule has 0 fully saturated rings. The number of carbonyl (C=O) groups is 1. The molecule has 0 saturated carbocycles. The summed E-state index contributed by atoms with van der Waals surface area (Å²) in [6.07, 6.45) is -2.59. The first-order valence-corrected chi connectivity index (χ1v) is 6.51. The van der Waals surface area contributed by atoms with Crippen LogP contribution in [-0.2, 0) is 9.53 Å². The maximum absolute atomic E-state index is 13.2. The molecule has 0 aliphatic heterocycles. The van der Waals surface area contributed by atoms with Crippen LogP contribution in [0.25, 0.3) is 0 Å². The standard InChI is InChI=1S/C15H19F2NO2/c1-4-12(15(19)20-5-2)13(14(16)17)18-11-8-6-10(3)7-9-11/h6-9,14,18H,4-5H2,1-3H3/b13-12+. The van der Waals surface area contributed by atoms with Gasteiger partial charge in [0.05, 0.1) is 17.9 Å². The van der Waals surface area contributed by atoms with Crippen LogP contribution in [0, 0.1) is 6.92 Å². The summed E-state index contributed by atoms with van der Waals surface area (Å²) < 4.78 is 31.2. The molecule has 5 heteroatoms. The minimum atomic E-state index is -2.77. The molecule has 0 aliphatic carbocycles. The van der Waals surface area contributed by atoms with E-state index in [1.165, 1.54) is 0 Å². The highest BCUT2D eigenvalue weighted by Gasteiger charge is 2.22. The lowest BCUT2D eigenvalue weighted by molar-refractivity contribution is -0.138. The van der Waals surface area contributed by atoms with E-state index in [1.54, 1.807) is 38.1 Å². The molecule has 1 aromatic rings. The molecule has 0 atom stereocenters. The van der Waals surface area contributed by atoms with Crippen molar-refractivity contribution < 1.29 is 18.3 Å². The Labute approximate surface area is 117 Å². The smallest absolute Gasteiger partial charge is 0.335 e. The van der Waals surface area contributed by atoms with Crippen LogP contribution in [0.2, 0.25) is 0 Å². The Morgan fingerprint density at radius 1 is 1.25 bits per heavy atom. The van der Waals surface area contributed by atoms with Crippen LogP contribution in [0.1, 0.15) is 25.8 Å². The summed E-state index contributed by atoms with van der Waals surface area (Å²) in [5.41, 5.74) is 1.12. The third kappa shape index (κ3) is 4.33. The van der Waals surface area contributed by atoms with Gasteiger partial charge in [0.25, 0.3) is 6.43 Å². The van der Waals surface area contributed by atoms with Crippen molar-refractivity contribution >= 4 is 11.7 Å². The minimum absolute atomic E-state index is 0.0255. The summed E-state index contributed by atoms with van der Waals surface area (Å²) in [7, 11) is 0. The average Bonchev–Trinajstić information content (AvgIpc) is 2.41. The van der Waals surface area contributed by atoms with E-state index in [1.807, 2.05) is 6.92 Å². The van der Waals surface area contributed by atoms with Crippen molar-refractivity contribution in [3.8, 4) is 0 Å². The second-order valence-electron chi connectivity index (χ2n) is 4.26. The van der Waals surface area contributed by atoms with Gasteiger partial charge in [0.1, 0.15) is 0 Å². The summed E-state index contributed by atoms with van der Waals surface area (Å²) in [5.74, 6) is -0.704. The number of halogens is 2. The Kier molecular flexibility index (Phi) is 6.15. The SMILES string of the molecule is CCOC(=O)/C(CC)=C(/Nc1ccc(C)cc1)C(F)F. The number of allylic oxidation sites excluding steroid dienone is 1. The number of esters is 1. The lowest BCUT2D eigenvalue weighted by Crippen LogP contribution is -2.18. The van der Waals surface area contributed by atoms with E-state index in [-0.39, 0.29) is 18.6 Å². The largest absolute Gasteiger partial charge is 0.463 e. The fraction of sp³-hybridized carbons (Fsp3) is 0.400. The van der Waals surface area contributed by atoms with E-state index in [2.05, 4.69) is 5.32 Å². The molecule has 0 aliphatic rings. The van der Waals surface area contributed by atoms with Gasteiger partial charge >= 0.3 is 5.97 Å². The monoisotopic (exact) mass is 283 g/mol. The molecule has 1 rings (SSSR count). The van der Waals surface area contributed by atoms with Crippen LogP contribution in [0.3, 0.4) is 0 Å². The molecular weight excluding hydrogens is 264 g/mol. The Balaban J connectivity index is 3.08. The topological polar surface area (TPSA) is 38.3 Å². The number of rotatable bonds is 6. The maximum Gasteiger partial charge on any atom is 0.335 e. The Bertz CT molecular complexity index is 481. The van der Waals surface area contributed by atoms with Crippen LogP contribution in [0.15, 0.2) is 35.5 Å². The molecule has 0 bridgehead atoms. The molecule has 0 heterocycles.